The zero-order valence-corrected chi connectivity index (χ0v) is 17.3. The van der Waals surface area contributed by atoms with Gasteiger partial charge in [0.05, 0.1) is 31.8 Å². The molecule has 0 aliphatic rings. The van der Waals surface area contributed by atoms with Gasteiger partial charge in [-0.25, -0.2) is 14.4 Å². The molecule has 158 valence electrons. The van der Waals surface area contributed by atoms with Gasteiger partial charge >= 0.3 is 0 Å². The summed E-state index contributed by atoms with van der Waals surface area (Å²) in [5, 5.41) is 3.60. The molecule has 4 rings (SSSR count). The molecule has 2 heterocycles. The Morgan fingerprint density at radius 3 is 2.48 bits per heavy atom. The normalized spacial score (nSPS) is 10.8. The maximum atomic E-state index is 13.2. The molecule has 0 aliphatic heterocycles. The van der Waals surface area contributed by atoms with Crippen LogP contribution in [0.5, 0.6) is 11.5 Å². The van der Waals surface area contributed by atoms with Gasteiger partial charge in [0.2, 0.25) is 0 Å². The standard InChI is InChI=1S/C23H21FN4O3/c1-28-13-26-18-11-17(15-6-9-19(30-2)20(10-15)31-3)27-22(21(18)23(28)29)25-12-14-4-7-16(24)8-5-14/h4-11,13H,12H2,1-3H3,(H,25,27). The van der Waals surface area contributed by atoms with Crippen LogP contribution in [0.3, 0.4) is 0 Å². The van der Waals surface area contributed by atoms with E-state index in [-0.39, 0.29) is 11.4 Å². The number of benzene rings is 2. The molecule has 4 aromatic rings. The van der Waals surface area contributed by atoms with Crippen molar-refractivity contribution in [3.05, 3.63) is 76.6 Å². The molecule has 0 saturated carbocycles. The summed E-state index contributed by atoms with van der Waals surface area (Å²) in [7, 11) is 4.78. The summed E-state index contributed by atoms with van der Waals surface area (Å²) >= 11 is 0. The fourth-order valence-electron chi connectivity index (χ4n) is 3.28. The molecular weight excluding hydrogens is 399 g/mol. The SMILES string of the molecule is COc1ccc(-c2cc3ncn(C)c(=O)c3c(NCc3ccc(F)cc3)n2)cc1OC. The van der Waals surface area contributed by atoms with Gasteiger partial charge in [-0.2, -0.15) is 0 Å². The van der Waals surface area contributed by atoms with Gasteiger partial charge in [-0.15, -0.1) is 0 Å². The zero-order chi connectivity index (χ0) is 22.0. The highest BCUT2D eigenvalue weighted by molar-refractivity contribution is 5.91. The molecule has 0 spiro atoms. The number of hydrogen-bond acceptors (Lipinski definition) is 6. The Kier molecular flexibility index (Phi) is 5.53. The second-order valence-electron chi connectivity index (χ2n) is 6.96. The Labute approximate surface area is 178 Å². The van der Waals surface area contributed by atoms with Crippen molar-refractivity contribution in [3.63, 3.8) is 0 Å². The summed E-state index contributed by atoms with van der Waals surface area (Å²) < 4.78 is 25.3. The van der Waals surface area contributed by atoms with Gasteiger partial charge in [-0.3, -0.25) is 4.79 Å². The van der Waals surface area contributed by atoms with Crippen LogP contribution in [0.25, 0.3) is 22.2 Å². The third kappa shape index (κ3) is 4.05. The van der Waals surface area contributed by atoms with Crippen molar-refractivity contribution >= 4 is 16.7 Å². The van der Waals surface area contributed by atoms with Crippen LogP contribution in [0.1, 0.15) is 5.56 Å². The van der Waals surface area contributed by atoms with Gasteiger partial charge in [0.15, 0.2) is 11.5 Å². The van der Waals surface area contributed by atoms with Crippen molar-refractivity contribution in [2.45, 2.75) is 6.54 Å². The fourth-order valence-corrected chi connectivity index (χ4v) is 3.28. The van der Waals surface area contributed by atoms with E-state index in [9.17, 15) is 9.18 Å². The number of hydrogen-bond donors (Lipinski definition) is 1. The van der Waals surface area contributed by atoms with Crippen LogP contribution < -0.4 is 20.3 Å². The fraction of sp³-hybridized carbons (Fsp3) is 0.174. The van der Waals surface area contributed by atoms with Crippen LogP contribution >= 0.6 is 0 Å². The molecule has 31 heavy (non-hydrogen) atoms. The minimum atomic E-state index is -0.305. The largest absolute Gasteiger partial charge is 0.493 e. The summed E-state index contributed by atoms with van der Waals surface area (Å²) in [6.07, 6.45) is 1.48. The number of halogens is 1. The van der Waals surface area contributed by atoms with Crippen LogP contribution in [0, 0.1) is 5.82 Å². The van der Waals surface area contributed by atoms with E-state index in [1.807, 2.05) is 12.1 Å². The number of aromatic nitrogens is 3. The number of methoxy groups -OCH3 is 2. The van der Waals surface area contributed by atoms with Crippen molar-refractivity contribution in [3.8, 4) is 22.8 Å². The first-order chi connectivity index (χ1) is 15.0. The summed E-state index contributed by atoms with van der Waals surface area (Å²) in [6.45, 7) is 0.371. The minimum absolute atomic E-state index is 0.210. The number of rotatable bonds is 6. The number of nitrogens with one attached hydrogen (secondary N) is 1. The number of pyridine rings is 1. The highest BCUT2D eigenvalue weighted by Gasteiger charge is 2.15. The molecule has 0 bridgehead atoms. The summed E-state index contributed by atoms with van der Waals surface area (Å²) in [5.41, 5.74) is 2.57. The quantitative estimate of drug-likeness (QED) is 0.512. The Bertz CT molecular complexity index is 1300. The monoisotopic (exact) mass is 420 g/mol. The molecule has 2 aromatic carbocycles. The second-order valence-corrected chi connectivity index (χ2v) is 6.96. The maximum Gasteiger partial charge on any atom is 0.264 e. The molecule has 0 saturated heterocycles. The van der Waals surface area contributed by atoms with Gasteiger partial charge in [0, 0.05) is 19.2 Å². The van der Waals surface area contributed by atoms with Crippen molar-refractivity contribution in [2.24, 2.45) is 7.05 Å². The molecule has 7 nitrogen and oxygen atoms in total. The van der Waals surface area contributed by atoms with Gasteiger partial charge in [0.1, 0.15) is 17.0 Å². The molecule has 0 amide bonds. The molecule has 0 unspecified atom stereocenters. The number of nitrogens with zero attached hydrogens (tertiary/aromatic N) is 3. The van der Waals surface area contributed by atoms with Gasteiger partial charge in [-0.1, -0.05) is 12.1 Å². The highest BCUT2D eigenvalue weighted by Crippen LogP contribution is 2.33. The summed E-state index contributed by atoms with van der Waals surface area (Å²) in [6, 6.07) is 13.4. The van der Waals surface area contributed by atoms with Crippen LogP contribution in [-0.2, 0) is 13.6 Å². The lowest BCUT2D eigenvalue weighted by molar-refractivity contribution is 0.355. The first-order valence-electron chi connectivity index (χ1n) is 9.57. The van der Waals surface area contributed by atoms with Gasteiger partial charge in [-0.05, 0) is 42.0 Å². The average Bonchev–Trinajstić information content (AvgIpc) is 2.80. The van der Waals surface area contributed by atoms with E-state index in [2.05, 4.69) is 10.3 Å². The second kappa shape index (κ2) is 8.43. The number of anilines is 1. The number of aryl methyl sites for hydroxylation is 1. The first kappa shape index (κ1) is 20.3. The van der Waals surface area contributed by atoms with Crippen LogP contribution in [0.2, 0.25) is 0 Å². The lowest BCUT2D eigenvalue weighted by atomic mass is 10.1. The van der Waals surface area contributed by atoms with Crippen molar-refractivity contribution < 1.29 is 13.9 Å². The topological polar surface area (TPSA) is 78.3 Å². The molecule has 2 aromatic heterocycles. The highest BCUT2D eigenvalue weighted by atomic mass is 19.1. The molecule has 0 aliphatic carbocycles. The van der Waals surface area contributed by atoms with Crippen molar-refractivity contribution in [1.82, 2.24) is 14.5 Å². The lowest BCUT2D eigenvalue weighted by Gasteiger charge is -2.13. The summed E-state index contributed by atoms with van der Waals surface area (Å²) in [4.78, 5) is 21.9. The Balaban J connectivity index is 1.82. The number of fused-ring (bicyclic) bond motifs is 1. The minimum Gasteiger partial charge on any atom is -0.493 e. The van der Waals surface area contributed by atoms with Crippen LogP contribution in [0.4, 0.5) is 10.2 Å². The van der Waals surface area contributed by atoms with E-state index >= 15 is 0 Å². The van der Waals surface area contributed by atoms with E-state index in [0.717, 1.165) is 11.1 Å². The van der Waals surface area contributed by atoms with E-state index < -0.39 is 0 Å². The van der Waals surface area contributed by atoms with Crippen LogP contribution in [-0.4, -0.2) is 28.8 Å². The third-order valence-electron chi connectivity index (χ3n) is 4.96. The Morgan fingerprint density at radius 1 is 1.03 bits per heavy atom. The number of ether oxygens (including phenoxy) is 2. The lowest BCUT2D eigenvalue weighted by Crippen LogP contribution is -2.19. The van der Waals surface area contributed by atoms with Crippen molar-refractivity contribution in [1.29, 1.82) is 0 Å². The zero-order valence-electron chi connectivity index (χ0n) is 17.3. The van der Waals surface area contributed by atoms with Gasteiger partial charge in [0.25, 0.3) is 5.56 Å². The van der Waals surface area contributed by atoms with Gasteiger partial charge < -0.3 is 19.4 Å². The Hall–Kier alpha value is -3.94. The molecule has 0 fully saturated rings. The summed E-state index contributed by atoms with van der Waals surface area (Å²) in [5.74, 6) is 1.27. The van der Waals surface area contributed by atoms with E-state index in [1.54, 1.807) is 45.5 Å². The first-order valence-corrected chi connectivity index (χ1v) is 9.57. The smallest absolute Gasteiger partial charge is 0.264 e. The molecule has 0 atom stereocenters. The Morgan fingerprint density at radius 2 is 1.77 bits per heavy atom. The predicted octanol–water partition coefficient (Wildman–Crippen LogP) is 3.76. The van der Waals surface area contributed by atoms with E-state index in [4.69, 9.17) is 14.5 Å². The molecule has 0 radical (unpaired) electrons. The molecule has 8 heteroatoms. The van der Waals surface area contributed by atoms with E-state index in [0.29, 0.717) is 40.5 Å². The molecule has 1 N–H and O–H groups in total. The third-order valence-corrected chi connectivity index (χ3v) is 4.96. The maximum absolute atomic E-state index is 13.2. The molecular formula is C23H21FN4O3. The predicted molar refractivity (Wildman–Crippen MR) is 117 cm³/mol. The van der Waals surface area contributed by atoms with Crippen molar-refractivity contribution in [2.75, 3.05) is 19.5 Å². The van der Waals surface area contributed by atoms with Crippen LogP contribution in [0.15, 0.2) is 59.7 Å². The average molecular weight is 420 g/mol. The van der Waals surface area contributed by atoms with E-state index in [1.165, 1.54) is 23.0 Å².